The number of aryl methyl sites for hydroxylation is 2. The molecule has 0 atom stereocenters. The Morgan fingerprint density at radius 1 is 1.13 bits per heavy atom. The molecule has 8 heteroatoms. The molecule has 2 N–H and O–H groups in total. The molecule has 0 aliphatic heterocycles. The maximum absolute atomic E-state index is 12.9. The minimum absolute atomic E-state index is 0.135. The van der Waals surface area contributed by atoms with Crippen molar-refractivity contribution in [1.29, 1.82) is 0 Å². The molecule has 2 aromatic carbocycles. The molecule has 3 aromatic rings. The van der Waals surface area contributed by atoms with Gasteiger partial charge in [0.2, 0.25) is 5.91 Å². The molecule has 31 heavy (non-hydrogen) atoms. The zero-order chi connectivity index (χ0) is 22.1. The molecule has 1 aliphatic rings. The molecular weight excluding hydrogens is 435 g/mol. The highest BCUT2D eigenvalue weighted by Crippen LogP contribution is 2.43. The van der Waals surface area contributed by atoms with Crippen molar-refractivity contribution < 1.29 is 9.59 Å². The van der Waals surface area contributed by atoms with Crippen molar-refractivity contribution >= 4 is 40.7 Å². The summed E-state index contributed by atoms with van der Waals surface area (Å²) in [4.78, 5) is 25.3. The Morgan fingerprint density at radius 3 is 2.48 bits per heavy atom. The summed E-state index contributed by atoms with van der Waals surface area (Å²) in [5, 5.41) is 11.0. The smallest absolute Gasteiger partial charge is 0.255 e. The Hall–Kier alpha value is -2.83. The van der Waals surface area contributed by atoms with Crippen LogP contribution in [-0.2, 0) is 4.79 Å². The van der Waals surface area contributed by atoms with Crippen molar-refractivity contribution in [3.05, 3.63) is 75.0 Å². The molecule has 0 radical (unpaired) electrons. The topological polar surface area (TPSA) is 76.0 Å². The molecule has 1 fully saturated rings. The van der Waals surface area contributed by atoms with Crippen LogP contribution in [0.1, 0.15) is 45.9 Å². The van der Waals surface area contributed by atoms with E-state index in [0.29, 0.717) is 21.3 Å². The highest BCUT2D eigenvalue weighted by atomic mass is 35.5. The van der Waals surface area contributed by atoms with E-state index in [-0.39, 0.29) is 24.3 Å². The summed E-state index contributed by atoms with van der Waals surface area (Å²) in [6.45, 7) is 3.72. The van der Waals surface area contributed by atoms with E-state index in [2.05, 4.69) is 15.7 Å². The number of para-hydroxylation sites is 1. The minimum Gasteiger partial charge on any atom is -0.343 e. The first-order valence-corrected chi connectivity index (χ1v) is 10.8. The van der Waals surface area contributed by atoms with E-state index in [1.807, 2.05) is 32.0 Å². The fraction of sp³-hybridized carbons (Fsp3) is 0.261. The monoisotopic (exact) mass is 456 g/mol. The maximum atomic E-state index is 12.9. The van der Waals surface area contributed by atoms with Gasteiger partial charge in [-0.15, -0.1) is 0 Å². The maximum Gasteiger partial charge on any atom is 0.255 e. The van der Waals surface area contributed by atoms with Gasteiger partial charge in [0.25, 0.3) is 5.91 Å². The lowest BCUT2D eigenvalue weighted by Gasteiger charge is -2.13. The fourth-order valence-corrected chi connectivity index (χ4v) is 4.07. The average Bonchev–Trinajstić information content (AvgIpc) is 3.47. The summed E-state index contributed by atoms with van der Waals surface area (Å²) in [5.41, 5.74) is 4.63. The van der Waals surface area contributed by atoms with Gasteiger partial charge >= 0.3 is 0 Å². The standard InChI is InChI=1S/C23H22Cl2N4O2/c1-13-4-3-5-14(2)21(13)28-20(30)12-26-23(31)17-11-27-29(22(17)15-6-7-15)19-9-8-16(24)10-18(19)25/h3-5,8-11,15H,6-7,12H2,1-2H3,(H,26,31)(H,28,30). The number of anilines is 1. The van der Waals surface area contributed by atoms with E-state index >= 15 is 0 Å². The normalized spacial score (nSPS) is 13.2. The van der Waals surface area contributed by atoms with Gasteiger partial charge in [-0.2, -0.15) is 5.10 Å². The molecule has 0 bridgehead atoms. The van der Waals surface area contributed by atoms with Crippen LogP contribution < -0.4 is 10.6 Å². The molecular formula is C23H22Cl2N4O2. The predicted molar refractivity (Wildman–Crippen MR) is 122 cm³/mol. The number of aromatic nitrogens is 2. The molecule has 1 saturated carbocycles. The number of rotatable bonds is 6. The molecule has 0 saturated heterocycles. The van der Waals surface area contributed by atoms with Crippen molar-refractivity contribution in [2.24, 2.45) is 0 Å². The summed E-state index contributed by atoms with van der Waals surface area (Å²) in [5.74, 6) is -0.389. The molecule has 0 unspecified atom stereocenters. The first kappa shape index (κ1) is 21.4. The van der Waals surface area contributed by atoms with Gasteiger partial charge in [-0.05, 0) is 56.0 Å². The van der Waals surface area contributed by atoms with E-state index in [4.69, 9.17) is 23.2 Å². The zero-order valence-corrected chi connectivity index (χ0v) is 18.7. The van der Waals surface area contributed by atoms with Crippen LogP contribution >= 0.6 is 23.2 Å². The van der Waals surface area contributed by atoms with Gasteiger partial charge in [0.05, 0.1) is 34.7 Å². The SMILES string of the molecule is Cc1cccc(C)c1NC(=O)CNC(=O)c1cnn(-c2ccc(Cl)cc2Cl)c1C1CC1. The second-order valence-corrected chi connectivity index (χ2v) is 8.57. The number of benzene rings is 2. The molecule has 6 nitrogen and oxygen atoms in total. The second kappa shape index (κ2) is 8.73. The Balaban J connectivity index is 1.50. The van der Waals surface area contributed by atoms with Crippen LogP contribution in [0.15, 0.2) is 42.6 Å². The number of halogens is 2. The predicted octanol–water partition coefficient (Wildman–Crippen LogP) is 5.04. The third-order valence-corrected chi connectivity index (χ3v) is 5.85. The largest absolute Gasteiger partial charge is 0.343 e. The molecule has 0 spiro atoms. The molecule has 1 aromatic heterocycles. The van der Waals surface area contributed by atoms with Gasteiger partial charge in [0, 0.05) is 16.6 Å². The number of nitrogens with zero attached hydrogens (tertiary/aromatic N) is 2. The highest BCUT2D eigenvalue weighted by Gasteiger charge is 2.33. The summed E-state index contributed by atoms with van der Waals surface area (Å²) < 4.78 is 1.70. The van der Waals surface area contributed by atoms with E-state index in [1.165, 1.54) is 6.20 Å². The van der Waals surface area contributed by atoms with Gasteiger partial charge in [-0.25, -0.2) is 4.68 Å². The van der Waals surface area contributed by atoms with Crippen LogP contribution in [0.2, 0.25) is 10.0 Å². The third-order valence-electron chi connectivity index (χ3n) is 5.31. The van der Waals surface area contributed by atoms with Crippen LogP contribution in [-0.4, -0.2) is 28.1 Å². The van der Waals surface area contributed by atoms with Gasteiger partial charge in [-0.1, -0.05) is 41.4 Å². The van der Waals surface area contributed by atoms with Crippen LogP contribution in [0, 0.1) is 13.8 Å². The minimum atomic E-state index is -0.338. The lowest BCUT2D eigenvalue weighted by atomic mass is 10.1. The molecule has 4 rings (SSSR count). The highest BCUT2D eigenvalue weighted by molar-refractivity contribution is 6.35. The third kappa shape index (κ3) is 4.60. The Bertz CT molecular complexity index is 1150. The van der Waals surface area contributed by atoms with Gasteiger partial charge < -0.3 is 10.6 Å². The lowest BCUT2D eigenvalue weighted by molar-refractivity contribution is -0.115. The lowest BCUT2D eigenvalue weighted by Crippen LogP contribution is -2.33. The number of hydrogen-bond donors (Lipinski definition) is 2. The summed E-state index contributed by atoms with van der Waals surface area (Å²) >= 11 is 12.4. The van der Waals surface area contributed by atoms with Crippen LogP contribution in [0.5, 0.6) is 0 Å². The molecule has 1 aliphatic carbocycles. The van der Waals surface area contributed by atoms with Gasteiger partial charge in [0.15, 0.2) is 0 Å². The number of nitrogens with one attached hydrogen (secondary N) is 2. The Labute approximate surface area is 190 Å². The number of hydrogen-bond acceptors (Lipinski definition) is 3. The van der Waals surface area contributed by atoms with Crippen molar-refractivity contribution in [3.63, 3.8) is 0 Å². The van der Waals surface area contributed by atoms with Gasteiger partial charge in [-0.3, -0.25) is 9.59 Å². The summed E-state index contributed by atoms with van der Waals surface area (Å²) in [7, 11) is 0. The summed E-state index contributed by atoms with van der Waals surface area (Å²) in [6.07, 6.45) is 3.48. The first-order valence-electron chi connectivity index (χ1n) is 10.0. The van der Waals surface area contributed by atoms with Crippen molar-refractivity contribution in [1.82, 2.24) is 15.1 Å². The molecule has 160 valence electrons. The van der Waals surface area contributed by atoms with Crippen LogP contribution in [0.4, 0.5) is 5.69 Å². The summed E-state index contributed by atoms with van der Waals surface area (Å²) in [6, 6.07) is 11.0. The van der Waals surface area contributed by atoms with Gasteiger partial charge in [0.1, 0.15) is 0 Å². The second-order valence-electron chi connectivity index (χ2n) is 7.72. The van der Waals surface area contributed by atoms with Crippen molar-refractivity contribution in [3.8, 4) is 5.69 Å². The first-order chi connectivity index (χ1) is 14.8. The van der Waals surface area contributed by atoms with Crippen LogP contribution in [0.3, 0.4) is 0 Å². The fourth-order valence-electron chi connectivity index (χ4n) is 3.58. The van der Waals surface area contributed by atoms with Crippen LogP contribution in [0.25, 0.3) is 5.69 Å². The quantitative estimate of drug-likeness (QED) is 0.545. The Kier molecular flexibility index (Phi) is 6.03. The Morgan fingerprint density at radius 2 is 1.84 bits per heavy atom. The molecule has 1 heterocycles. The van der Waals surface area contributed by atoms with Crippen molar-refractivity contribution in [2.45, 2.75) is 32.6 Å². The molecule has 2 amide bonds. The van der Waals surface area contributed by atoms with E-state index < -0.39 is 0 Å². The van der Waals surface area contributed by atoms with Crippen molar-refractivity contribution in [2.75, 3.05) is 11.9 Å². The average molecular weight is 457 g/mol. The number of carbonyl (C=O) groups excluding carboxylic acids is 2. The van der Waals surface area contributed by atoms with E-state index in [1.54, 1.807) is 22.9 Å². The van der Waals surface area contributed by atoms with E-state index in [9.17, 15) is 9.59 Å². The number of amides is 2. The number of carbonyl (C=O) groups is 2. The van der Waals surface area contributed by atoms with E-state index in [0.717, 1.165) is 35.3 Å². The zero-order valence-electron chi connectivity index (χ0n) is 17.2.